The smallest absolute Gasteiger partial charge is 0.115 e. The number of aliphatic hydroxyl groups excluding tert-OH is 1. The summed E-state index contributed by atoms with van der Waals surface area (Å²) in [5, 5.41) is 19.2. The molecule has 0 aliphatic heterocycles. The van der Waals surface area contributed by atoms with E-state index >= 15 is 0 Å². The number of benzene rings is 1. The molecule has 3 nitrogen and oxygen atoms in total. The molecule has 2 N–H and O–H groups in total. The van der Waals surface area contributed by atoms with Crippen molar-refractivity contribution in [3.05, 3.63) is 29.8 Å². The van der Waals surface area contributed by atoms with E-state index < -0.39 is 6.10 Å². The number of nitrogens with zero attached hydrogens (tertiary/aromatic N) is 1. The van der Waals surface area contributed by atoms with Gasteiger partial charge in [-0.3, -0.25) is 0 Å². The van der Waals surface area contributed by atoms with Crippen LogP contribution in [0.15, 0.2) is 24.3 Å². The van der Waals surface area contributed by atoms with Gasteiger partial charge < -0.3 is 15.1 Å². The van der Waals surface area contributed by atoms with Gasteiger partial charge in [-0.2, -0.15) is 0 Å². The topological polar surface area (TPSA) is 43.7 Å². The van der Waals surface area contributed by atoms with Gasteiger partial charge in [0.15, 0.2) is 0 Å². The number of rotatable bonds is 3. The first-order chi connectivity index (χ1) is 6.52. The molecule has 78 valence electrons. The summed E-state index contributed by atoms with van der Waals surface area (Å²) in [6.45, 7) is 1.94. The zero-order chi connectivity index (χ0) is 10.7. The third-order valence-corrected chi connectivity index (χ3v) is 2.48. The second-order valence-electron chi connectivity index (χ2n) is 3.74. The fourth-order valence-corrected chi connectivity index (χ4v) is 1.27. The van der Waals surface area contributed by atoms with Crippen molar-refractivity contribution in [2.45, 2.75) is 19.1 Å². The minimum absolute atomic E-state index is 0.0248. The molecular formula is C11H17NO2. The van der Waals surface area contributed by atoms with Crippen molar-refractivity contribution < 1.29 is 10.2 Å². The average molecular weight is 195 g/mol. The molecule has 2 atom stereocenters. The Morgan fingerprint density at radius 3 is 2.43 bits per heavy atom. The summed E-state index contributed by atoms with van der Waals surface area (Å²) >= 11 is 0. The maximum absolute atomic E-state index is 9.93. The van der Waals surface area contributed by atoms with E-state index in [1.165, 1.54) is 0 Å². The van der Waals surface area contributed by atoms with E-state index in [0.29, 0.717) is 0 Å². The summed E-state index contributed by atoms with van der Waals surface area (Å²) in [6, 6.07) is 6.75. The molecule has 0 aromatic heterocycles. The highest BCUT2D eigenvalue weighted by molar-refractivity contribution is 5.29. The van der Waals surface area contributed by atoms with Crippen LogP contribution in [0, 0.1) is 0 Å². The molecular weight excluding hydrogens is 178 g/mol. The Labute approximate surface area is 84.6 Å². The highest BCUT2D eigenvalue weighted by Gasteiger charge is 2.17. The summed E-state index contributed by atoms with van der Waals surface area (Å²) in [4.78, 5) is 1.94. The molecule has 0 heterocycles. The number of aliphatic hydroxyl groups is 1. The predicted octanol–water partition coefficient (Wildman–Crippen LogP) is 1.38. The van der Waals surface area contributed by atoms with Gasteiger partial charge in [-0.1, -0.05) is 12.1 Å². The lowest BCUT2D eigenvalue weighted by Gasteiger charge is -2.25. The first-order valence-electron chi connectivity index (χ1n) is 4.66. The van der Waals surface area contributed by atoms with E-state index in [-0.39, 0.29) is 11.8 Å². The summed E-state index contributed by atoms with van der Waals surface area (Å²) < 4.78 is 0. The second kappa shape index (κ2) is 4.44. The van der Waals surface area contributed by atoms with Crippen LogP contribution in [0.2, 0.25) is 0 Å². The minimum Gasteiger partial charge on any atom is -0.508 e. The number of hydrogen-bond acceptors (Lipinski definition) is 3. The summed E-state index contributed by atoms with van der Waals surface area (Å²) in [5.41, 5.74) is 0.742. The van der Waals surface area contributed by atoms with E-state index in [4.69, 9.17) is 0 Å². The zero-order valence-corrected chi connectivity index (χ0v) is 8.81. The molecule has 1 aromatic carbocycles. The van der Waals surface area contributed by atoms with Crippen molar-refractivity contribution in [2.24, 2.45) is 0 Å². The van der Waals surface area contributed by atoms with Gasteiger partial charge in [0, 0.05) is 6.04 Å². The Bertz CT molecular complexity index is 299. The molecule has 0 spiro atoms. The van der Waals surface area contributed by atoms with Crippen molar-refractivity contribution in [2.75, 3.05) is 14.1 Å². The van der Waals surface area contributed by atoms with Crippen molar-refractivity contribution in [1.29, 1.82) is 0 Å². The van der Waals surface area contributed by atoms with E-state index in [1.54, 1.807) is 18.2 Å². The van der Waals surface area contributed by atoms with E-state index in [1.807, 2.05) is 32.0 Å². The quantitative estimate of drug-likeness (QED) is 0.765. The molecule has 0 aliphatic carbocycles. The van der Waals surface area contributed by atoms with Gasteiger partial charge in [-0.15, -0.1) is 0 Å². The van der Waals surface area contributed by atoms with Crippen LogP contribution < -0.4 is 0 Å². The Kier molecular flexibility index (Phi) is 3.49. The molecule has 0 unspecified atom stereocenters. The fraction of sp³-hybridized carbons (Fsp3) is 0.455. The van der Waals surface area contributed by atoms with E-state index in [0.717, 1.165) is 5.56 Å². The zero-order valence-electron chi connectivity index (χ0n) is 8.81. The SMILES string of the molecule is C[C@@H]([C@H](O)c1cccc(O)c1)N(C)C. The van der Waals surface area contributed by atoms with Gasteiger partial charge in [0.1, 0.15) is 5.75 Å². The van der Waals surface area contributed by atoms with Gasteiger partial charge in [0.05, 0.1) is 6.10 Å². The van der Waals surface area contributed by atoms with Crippen molar-refractivity contribution in [3.63, 3.8) is 0 Å². The van der Waals surface area contributed by atoms with Crippen molar-refractivity contribution in [3.8, 4) is 5.75 Å². The van der Waals surface area contributed by atoms with Crippen molar-refractivity contribution in [1.82, 2.24) is 4.90 Å². The molecule has 0 saturated heterocycles. The highest BCUT2D eigenvalue weighted by Crippen LogP contribution is 2.22. The summed E-state index contributed by atoms with van der Waals surface area (Å²) in [7, 11) is 3.83. The molecule has 0 saturated carbocycles. The lowest BCUT2D eigenvalue weighted by Crippen LogP contribution is -2.30. The number of phenols is 1. The molecule has 0 amide bonds. The average Bonchev–Trinajstić information content (AvgIpc) is 2.15. The first-order valence-corrected chi connectivity index (χ1v) is 4.66. The van der Waals surface area contributed by atoms with Gasteiger partial charge in [-0.05, 0) is 38.7 Å². The lowest BCUT2D eigenvalue weighted by atomic mass is 10.0. The third kappa shape index (κ3) is 2.47. The molecule has 1 rings (SSSR count). The number of aromatic hydroxyl groups is 1. The van der Waals surface area contributed by atoms with E-state index in [9.17, 15) is 10.2 Å². The summed E-state index contributed by atoms with van der Waals surface area (Å²) in [6.07, 6.45) is -0.572. The number of phenolic OH excluding ortho intramolecular Hbond substituents is 1. The van der Waals surface area contributed by atoms with Crippen LogP contribution in [0.4, 0.5) is 0 Å². The standard InChI is InChI=1S/C11H17NO2/c1-8(12(2)3)11(14)9-5-4-6-10(13)7-9/h4-8,11,13-14H,1-3H3/t8-,11-/m0/s1. The van der Waals surface area contributed by atoms with Crippen LogP contribution in [0.5, 0.6) is 5.75 Å². The predicted molar refractivity (Wildman–Crippen MR) is 56.2 cm³/mol. The Morgan fingerprint density at radius 1 is 1.29 bits per heavy atom. The molecule has 0 bridgehead atoms. The highest BCUT2D eigenvalue weighted by atomic mass is 16.3. The second-order valence-corrected chi connectivity index (χ2v) is 3.74. The van der Waals surface area contributed by atoms with E-state index in [2.05, 4.69) is 0 Å². The van der Waals surface area contributed by atoms with Gasteiger partial charge in [-0.25, -0.2) is 0 Å². The van der Waals surface area contributed by atoms with Crippen LogP contribution in [-0.2, 0) is 0 Å². The monoisotopic (exact) mass is 195 g/mol. The maximum atomic E-state index is 9.93. The minimum atomic E-state index is -0.572. The van der Waals surface area contributed by atoms with Crippen LogP contribution in [-0.4, -0.2) is 35.3 Å². The van der Waals surface area contributed by atoms with Crippen LogP contribution in [0.3, 0.4) is 0 Å². The molecule has 0 radical (unpaired) electrons. The first kappa shape index (κ1) is 11.0. The largest absolute Gasteiger partial charge is 0.508 e. The Hall–Kier alpha value is -1.06. The van der Waals surface area contributed by atoms with Gasteiger partial charge >= 0.3 is 0 Å². The number of hydrogen-bond donors (Lipinski definition) is 2. The fourth-order valence-electron chi connectivity index (χ4n) is 1.27. The van der Waals surface area contributed by atoms with Crippen LogP contribution in [0.25, 0.3) is 0 Å². The third-order valence-electron chi connectivity index (χ3n) is 2.48. The van der Waals surface area contributed by atoms with Crippen LogP contribution in [0.1, 0.15) is 18.6 Å². The molecule has 0 fully saturated rings. The van der Waals surface area contributed by atoms with Crippen LogP contribution >= 0.6 is 0 Å². The van der Waals surface area contributed by atoms with Crippen molar-refractivity contribution >= 4 is 0 Å². The molecule has 3 heteroatoms. The number of likely N-dealkylation sites (N-methyl/N-ethyl adjacent to an activating group) is 1. The Morgan fingerprint density at radius 2 is 1.93 bits per heavy atom. The lowest BCUT2D eigenvalue weighted by molar-refractivity contribution is 0.0857. The molecule has 0 aliphatic rings. The normalized spacial score (nSPS) is 15.5. The Balaban J connectivity index is 2.83. The van der Waals surface area contributed by atoms with Gasteiger partial charge in [0.25, 0.3) is 0 Å². The van der Waals surface area contributed by atoms with Gasteiger partial charge in [0.2, 0.25) is 0 Å². The maximum Gasteiger partial charge on any atom is 0.115 e. The summed E-state index contributed by atoms with van der Waals surface area (Å²) in [5.74, 6) is 0.188. The molecule has 1 aromatic rings. The molecule has 14 heavy (non-hydrogen) atoms.